The molecule has 0 spiro atoms. The Labute approximate surface area is 88.8 Å². The zero-order chi connectivity index (χ0) is 7.83. The van der Waals surface area contributed by atoms with Gasteiger partial charge in [-0.3, -0.25) is 0 Å². The van der Waals surface area contributed by atoms with Gasteiger partial charge in [-0.1, -0.05) is 58.0 Å². The van der Waals surface area contributed by atoms with Crippen LogP contribution >= 0.6 is 45.2 Å². The maximum Gasteiger partial charge on any atom is 0.0955 e. The average molecular weight is 366 g/mol. The second kappa shape index (κ2) is 3.02. The molecule has 10 heavy (non-hydrogen) atoms. The zero-order valence-corrected chi connectivity index (χ0v) is 10.1. The predicted molar refractivity (Wildman–Crippen MR) is 60.3 cm³/mol. The summed E-state index contributed by atoms with van der Waals surface area (Å²) >= 11 is 4.56. The van der Waals surface area contributed by atoms with Gasteiger partial charge in [-0.25, -0.2) is 0 Å². The van der Waals surface area contributed by atoms with E-state index in [0.717, 1.165) is 12.8 Å². The van der Waals surface area contributed by atoms with E-state index in [2.05, 4.69) is 45.2 Å². The lowest BCUT2D eigenvalue weighted by Gasteiger charge is -2.41. The van der Waals surface area contributed by atoms with Crippen molar-refractivity contribution in [2.24, 2.45) is 11.5 Å². The lowest BCUT2D eigenvalue weighted by molar-refractivity contribution is 0.354. The first kappa shape index (κ1) is 9.47. The normalized spacial score (nSPS) is 49.2. The van der Waals surface area contributed by atoms with E-state index >= 15 is 0 Å². The fraction of sp³-hybridized carbons (Fsp3) is 1.00. The van der Waals surface area contributed by atoms with Gasteiger partial charge in [0.1, 0.15) is 0 Å². The molecule has 0 aromatic rings. The van der Waals surface area contributed by atoms with Crippen molar-refractivity contribution in [1.82, 2.24) is 0 Å². The van der Waals surface area contributed by atoms with Crippen LogP contribution in [0.3, 0.4) is 0 Å². The third-order valence-electron chi connectivity index (χ3n) is 2.02. The molecular weight excluding hydrogens is 354 g/mol. The van der Waals surface area contributed by atoms with E-state index in [1.54, 1.807) is 0 Å². The van der Waals surface area contributed by atoms with Crippen molar-refractivity contribution in [3.05, 3.63) is 0 Å². The Bertz CT molecular complexity index is 118. The highest BCUT2D eigenvalue weighted by Gasteiger charge is 2.43. The molecule has 0 saturated heterocycles. The summed E-state index contributed by atoms with van der Waals surface area (Å²) in [5.41, 5.74) is 12.0. The summed E-state index contributed by atoms with van der Waals surface area (Å²) in [6.45, 7) is 0. The minimum absolute atomic E-state index is 0.191. The highest BCUT2D eigenvalue weighted by Crippen LogP contribution is 2.42. The quantitative estimate of drug-likeness (QED) is 0.390. The summed E-state index contributed by atoms with van der Waals surface area (Å²) in [4.78, 5) is 0. The molecule has 0 radical (unpaired) electrons. The number of hydrogen-bond acceptors (Lipinski definition) is 2. The van der Waals surface area contributed by atoms with Crippen LogP contribution in [0.15, 0.2) is 0 Å². The highest BCUT2D eigenvalue weighted by molar-refractivity contribution is 14.1. The van der Waals surface area contributed by atoms with Gasteiger partial charge in [0.2, 0.25) is 0 Å². The lowest BCUT2D eigenvalue weighted by Crippen LogP contribution is -2.59. The van der Waals surface area contributed by atoms with Gasteiger partial charge in [-0.2, -0.15) is 0 Å². The van der Waals surface area contributed by atoms with Gasteiger partial charge in [0.15, 0.2) is 0 Å². The second-order valence-electron chi connectivity index (χ2n) is 2.93. The predicted octanol–water partition coefficient (Wildman–Crippen LogP) is 1.74. The fourth-order valence-corrected chi connectivity index (χ4v) is 2.48. The first-order valence-corrected chi connectivity index (χ1v) is 5.57. The van der Waals surface area contributed by atoms with Gasteiger partial charge < -0.3 is 11.5 Å². The maximum absolute atomic E-state index is 6.01. The molecule has 1 aliphatic rings. The van der Waals surface area contributed by atoms with E-state index in [4.69, 9.17) is 11.5 Å². The molecule has 1 saturated carbocycles. The largest absolute Gasteiger partial charge is 0.315 e. The van der Waals surface area contributed by atoms with Crippen LogP contribution in [0.5, 0.6) is 0 Å². The van der Waals surface area contributed by atoms with Crippen molar-refractivity contribution in [3.63, 3.8) is 0 Å². The molecule has 4 heteroatoms. The third-order valence-corrected chi connectivity index (χ3v) is 6.06. The summed E-state index contributed by atoms with van der Waals surface area (Å²) in [5, 5.41) is 0. The standard InChI is InChI=1S/C6H12I2N2/c7-5(9)3-1-2-4-6(5,8)10/h1-4,9-10H2/t5-,6+. The van der Waals surface area contributed by atoms with Crippen LogP contribution in [0.2, 0.25) is 0 Å². The minimum Gasteiger partial charge on any atom is -0.315 e. The molecule has 2 atom stereocenters. The summed E-state index contributed by atoms with van der Waals surface area (Å²) in [5.74, 6) is 0. The first-order chi connectivity index (χ1) is 4.46. The molecule has 0 unspecified atom stereocenters. The van der Waals surface area contributed by atoms with Crippen LogP contribution < -0.4 is 11.5 Å². The first-order valence-electron chi connectivity index (χ1n) is 3.41. The van der Waals surface area contributed by atoms with E-state index in [1.165, 1.54) is 12.8 Å². The summed E-state index contributed by atoms with van der Waals surface area (Å²) in [6, 6.07) is 0. The van der Waals surface area contributed by atoms with Crippen molar-refractivity contribution in [3.8, 4) is 0 Å². The van der Waals surface area contributed by atoms with E-state index in [1.807, 2.05) is 0 Å². The molecule has 4 N–H and O–H groups in total. The van der Waals surface area contributed by atoms with E-state index in [9.17, 15) is 0 Å². The van der Waals surface area contributed by atoms with Gasteiger partial charge >= 0.3 is 0 Å². The lowest BCUT2D eigenvalue weighted by atomic mass is 9.92. The average Bonchev–Trinajstić information content (AvgIpc) is 1.77. The fourth-order valence-electron chi connectivity index (χ4n) is 1.18. The minimum atomic E-state index is -0.191. The van der Waals surface area contributed by atoms with Gasteiger partial charge in [-0.05, 0) is 12.8 Å². The smallest absolute Gasteiger partial charge is 0.0955 e. The summed E-state index contributed by atoms with van der Waals surface area (Å²) in [7, 11) is 0. The number of alkyl halides is 2. The Hall–Kier alpha value is 1.38. The van der Waals surface area contributed by atoms with Crippen molar-refractivity contribution >= 4 is 45.2 Å². The van der Waals surface area contributed by atoms with Crippen molar-refractivity contribution in [2.45, 2.75) is 32.8 Å². The molecular formula is C6H12I2N2. The topological polar surface area (TPSA) is 52.0 Å². The number of rotatable bonds is 0. The molecule has 2 nitrogen and oxygen atoms in total. The molecule has 0 amide bonds. The monoisotopic (exact) mass is 366 g/mol. The molecule has 1 aliphatic carbocycles. The molecule has 60 valence electrons. The molecule has 1 fully saturated rings. The molecule has 0 bridgehead atoms. The Morgan fingerprint density at radius 1 is 0.900 bits per heavy atom. The van der Waals surface area contributed by atoms with Crippen LogP contribution in [-0.4, -0.2) is 7.09 Å². The van der Waals surface area contributed by atoms with E-state index in [-0.39, 0.29) is 7.09 Å². The van der Waals surface area contributed by atoms with Crippen molar-refractivity contribution < 1.29 is 0 Å². The van der Waals surface area contributed by atoms with Crippen LogP contribution in [0.4, 0.5) is 0 Å². The molecule has 0 aromatic carbocycles. The van der Waals surface area contributed by atoms with Gasteiger partial charge in [0, 0.05) is 0 Å². The van der Waals surface area contributed by atoms with Gasteiger partial charge in [0.25, 0.3) is 0 Å². The summed E-state index contributed by atoms with van der Waals surface area (Å²) < 4.78 is -0.382. The number of halogens is 2. The van der Waals surface area contributed by atoms with Crippen LogP contribution in [-0.2, 0) is 0 Å². The highest BCUT2D eigenvalue weighted by atomic mass is 127. The second-order valence-corrected chi connectivity index (χ2v) is 6.78. The third kappa shape index (κ3) is 1.75. The van der Waals surface area contributed by atoms with E-state index in [0.29, 0.717) is 0 Å². The zero-order valence-electron chi connectivity index (χ0n) is 5.74. The number of nitrogens with two attached hydrogens (primary N) is 2. The van der Waals surface area contributed by atoms with Crippen LogP contribution in [0.25, 0.3) is 0 Å². The van der Waals surface area contributed by atoms with Crippen LogP contribution in [0.1, 0.15) is 25.7 Å². The molecule has 0 heterocycles. The van der Waals surface area contributed by atoms with Crippen LogP contribution in [0, 0.1) is 0 Å². The summed E-state index contributed by atoms with van der Waals surface area (Å²) in [6.07, 6.45) is 4.54. The Morgan fingerprint density at radius 3 is 1.40 bits per heavy atom. The maximum atomic E-state index is 6.01. The Morgan fingerprint density at radius 2 is 1.20 bits per heavy atom. The number of hydrogen-bond donors (Lipinski definition) is 2. The SMILES string of the molecule is N[C@]1(I)CCCC[C@@]1(N)I. The molecule has 0 aliphatic heterocycles. The Kier molecular flexibility index (Phi) is 2.86. The van der Waals surface area contributed by atoms with Gasteiger partial charge in [-0.15, -0.1) is 0 Å². The molecule has 0 aromatic heterocycles. The van der Waals surface area contributed by atoms with Gasteiger partial charge in [0.05, 0.1) is 7.09 Å². The van der Waals surface area contributed by atoms with Crippen molar-refractivity contribution in [1.29, 1.82) is 0 Å². The Balaban J connectivity index is 2.70. The molecule has 1 rings (SSSR count). The van der Waals surface area contributed by atoms with E-state index < -0.39 is 0 Å². The van der Waals surface area contributed by atoms with Crippen molar-refractivity contribution in [2.75, 3.05) is 0 Å².